The number of carbonyl (C=O) groups excluding carboxylic acids is 1. The number of halogens is 1. The second kappa shape index (κ2) is 18.0. The third kappa shape index (κ3) is 8.88. The van der Waals surface area contributed by atoms with Crippen molar-refractivity contribution < 1.29 is 33.2 Å². The van der Waals surface area contributed by atoms with E-state index in [4.69, 9.17) is 45.0 Å². The summed E-state index contributed by atoms with van der Waals surface area (Å²) in [6, 6.07) is 22.1. The summed E-state index contributed by atoms with van der Waals surface area (Å²) in [5.41, 5.74) is 6.01. The largest absolute Gasteiger partial charge is 0.497 e. The Morgan fingerprint density at radius 2 is 1.85 bits per heavy atom. The SMILES string of the molecule is COC(=O)C1(Nc2cccc(Cl)c2)CCC2(CC1)c1cc3c(cc1C[C@@H]2C[C@@H](C)COc1ccnc2c1[C@H](C)CCC2)OCCC(CCOCc1ccc(OC)cc1)O3. The van der Waals surface area contributed by atoms with Crippen LogP contribution in [0.4, 0.5) is 5.69 Å². The van der Waals surface area contributed by atoms with Crippen LogP contribution in [0.5, 0.6) is 23.0 Å². The predicted molar refractivity (Wildman–Crippen MR) is 230 cm³/mol. The smallest absolute Gasteiger partial charge is 0.331 e. The highest BCUT2D eigenvalue weighted by Crippen LogP contribution is 2.58. The van der Waals surface area contributed by atoms with Crippen LogP contribution in [0.25, 0.3) is 0 Å². The van der Waals surface area contributed by atoms with E-state index in [9.17, 15) is 4.79 Å². The highest BCUT2D eigenvalue weighted by Gasteiger charge is 2.55. The first kappa shape index (κ1) is 41.3. The van der Waals surface area contributed by atoms with E-state index in [1.54, 1.807) is 7.11 Å². The van der Waals surface area contributed by atoms with Crippen molar-refractivity contribution >= 4 is 23.3 Å². The van der Waals surface area contributed by atoms with Crippen LogP contribution >= 0.6 is 11.6 Å². The Balaban J connectivity index is 1.02. The predicted octanol–water partition coefficient (Wildman–Crippen LogP) is 10.4. The van der Waals surface area contributed by atoms with Crippen LogP contribution in [-0.4, -0.2) is 56.6 Å². The van der Waals surface area contributed by atoms with Crippen molar-refractivity contribution in [3.8, 4) is 23.0 Å². The molecule has 4 aromatic rings. The number of hydrogen-bond donors (Lipinski definition) is 1. The quantitative estimate of drug-likeness (QED) is 0.0985. The molecule has 1 aliphatic heterocycles. The van der Waals surface area contributed by atoms with Gasteiger partial charge >= 0.3 is 5.97 Å². The normalized spacial score (nSPS) is 25.0. The lowest BCUT2D eigenvalue weighted by molar-refractivity contribution is -0.148. The van der Waals surface area contributed by atoms with E-state index < -0.39 is 5.54 Å². The van der Waals surface area contributed by atoms with Crippen molar-refractivity contribution in [1.82, 2.24) is 4.98 Å². The van der Waals surface area contributed by atoms with Crippen molar-refractivity contribution in [2.45, 2.75) is 114 Å². The zero-order valence-electron chi connectivity index (χ0n) is 35.0. The van der Waals surface area contributed by atoms with E-state index in [1.807, 2.05) is 60.8 Å². The number of anilines is 1. The third-order valence-electron chi connectivity index (χ3n) is 13.5. The third-order valence-corrected chi connectivity index (χ3v) is 13.8. The zero-order valence-corrected chi connectivity index (χ0v) is 35.8. The summed E-state index contributed by atoms with van der Waals surface area (Å²) in [5.74, 6) is 4.30. The lowest BCUT2D eigenvalue weighted by Gasteiger charge is -2.47. The first-order valence-corrected chi connectivity index (χ1v) is 22.0. The number of fused-ring (bicyclic) bond motifs is 4. The van der Waals surface area contributed by atoms with Gasteiger partial charge in [-0.05, 0) is 146 Å². The molecule has 2 heterocycles. The number of rotatable bonds is 14. The molecule has 1 spiro atoms. The van der Waals surface area contributed by atoms with Gasteiger partial charge in [0.25, 0.3) is 0 Å². The minimum Gasteiger partial charge on any atom is -0.497 e. The number of ether oxygens (including phenoxy) is 6. The van der Waals surface area contributed by atoms with Gasteiger partial charge in [-0.2, -0.15) is 0 Å². The van der Waals surface area contributed by atoms with Gasteiger partial charge in [-0.25, -0.2) is 4.79 Å². The molecule has 1 unspecified atom stereocenters. The van der Waals surface area contributed by atoms with Crippen LogP contribution < -0.4 is 24.3 Å². The summed E-state index contributed by atoms with van der Waals surface area (Å²) in [5, 5.41) is 4.22. The molecule has 314 valence electrons. The highest BCUT2D eigenvalue weighted by atomic mass is 35.5. The summed E-state index contributed by atoms with van der Waals surface area (Å²) in [4.78, 5) is 18.4. The lowest BCUT2D eigenvalue weighted by atomic mass is 9.59. The molecule has 3 aromatic carbocycles. The molecule has 1 N–H and O–H groups in total. The molecule has 0 radical (unpaired) electrons. The van der Waals surface area contributed by atoms with Crippen LogP contribution in [0.1, 0.15) is 106 Å². The average molecular weight is 823 g/mol. The number of aryl methyl sites for hydroxylation is 1. The molecule has 3 aliphatic carbocycles. The number of carbonyl (C=O) groups is 1. The van der Waals surface area contributed by atoms with Crippen LogP contribution in [0.2, 0.25) is 5.02 Å². The van der Waals surface area contributed by atoms with Gasteiger partial charge in [0.05, 0.1) is 40.6 Å². The van der Waals surface area contributed by atoms with Crippen LogP contribution in [0, 0.1) is 11.8 Å². The van der Waals surface area contributed by atoms with E-state index in [0.29, 0.717) is 62.0 Å². The maximum atomic E-state index is 13.7. The van der Waals surface area contributed by atoms with Gasteiger partial charge in [-0.3, -0.25) is 4.98 Å². The fourth-order valence-corrected chi connectivity index (χ4v) is 10.6. The second-order valence-electron chi connectivity index (χ2n) is 17.4. The monoisotopic (exact) mass is 822 g/mol. The first-order valence-electron chi connectivity index (χ1n) is 21.6. The molecule has 9 nitrogen and oxygen atoms in total. The van der Waals surface area contributed by atoms with Gasteiger partial charge in [0.1, 0.15) is 23.1 Å². The van der Waals surface area contributed by atoms with E-state index in [0.717, 1.165) is 79.2 Å². The Hall–Kier alpha value is -4.47. The molecular weight excluding hydrogens is 764 g/mol. The summed E-state index contributed by atoms with van der Waals surface area (Å²) >= 11 is 6.40. The summed E-state index contributed by atoms with van der Waals surface area (Å²) in [6.07, 6.45) is 11.6. The highest BCUT2D eigenvalue weighted by molar-refractivity contribution is 6.30. The van der Waals surface area contributed by atoms with Gasteiger partial charge < -0.3 is 33.7 Å². The van der Waals surface area contributed by atoms with E-state index in [1.165, 1.54) is 42.3 Å². The fraction of sp³-hybridized carbons (Fsp3) is 0.510. The van der Waals surface area contributed by atoms with Crippen molar-refractivity contribution in [2.75, 3.05) is 39.4 Å². The Kier molecular flexibility index (Phi) is 12.6. The lowest BCUT2D eigenvalue weighted by Crippen LogP contribution is -2.53. The molecule has 0 saturated heterocycles. The number of esters is 1. The molecule has 59 heavy (non-hydrogen) atoms. The Morgan fingerprint density at radius 3 is 2.63 bits per heavy atom. The summed E-state index contributed by atoms with van der Waals surface area (Å²) in [7, 11) is 3.16. The number of benzene rings is 3. The molecule has 8 rings (SSSR count). The number of aromatic nitrogens is 1. The molecule has 1 aromatic heterocycles. The Labute approximate surface area is 354 Å². The zero-order chi connectivity index (χ0) is 41.0. The van der Waals surface area contributed by atoms with Gasteiger partial charge in [0, 0.05) is 41.0 Å². The second-order valence-corrected chi connectivity index (χ2v) is 17.8. The van der Waals surface area contributed by atoms with Crippen molar-refractivity contribution in [1.29, 1.82) is 0 Å². The van der Waals surface area contributed by atoms with Crippen LogP contribution in [0.3, 0.4) is 0 Å². The molecule has 1 fully saturated rings. The van der Waals surface area contributed by atoms with Gasteiger partial charge in [0.15, 0.2) is 11.5 Å². The Bertz CT molecular complexity index is 2080. The minimum atomic E-state index is -0.869. The standard InChI is InChI=1S/C49H59ClN2O7/c1-32(30-58-43-15-22-51-42-10-5-7-33(2)46(42)43)25-36-26-35-27-44-45(59-40(17-24-57-44)16-23-56-31-34-11-13-39(54-3)14-12-34)29-41(35)48(36)18-20-49(21-19-48,47(53)55-4)52-38-9-6-8-37(50)28-38/h6,8-9,11-15,22,27-29,32-33,36,40,52H,5,7,10,16-21,23-26,30-31H2,1-4H3/t32-,33-,36+,40?,48?,49?/m1/s1. The number of methoxy groups -OCH3 is 2. The Morgan fingerprint density at radius 1 is 1.02 bits per heavy atom. The number of nitrogens with one attached hydrogen (secondary N) is 1. The van der Waals surface area contributed by atoms with E-state index in [2.05, 4.69) is 31.3 Å². The molecular formula is C49H59ClN2O7. The van der Waals surface area contributed by atoms with Crippen molar-refractivity contribution in [3.05, 3.63) is 106 Å². The van der Waals surface area contributed by atoms with E-state index in [-0.39, 0.29) is 17.5 Å². The molecule has 1 saturated carbocycles. The van der Waals surface area contributed by atoms with Gasteiger partial charge in [-0.15, -0.1) is 0 Å². The van der Waals surface area contributed by atoms with Crippen molar-refractivity contribution in [2.24, 2.45) is 11.8 Å². The molecule has 4 atom stereocenters. The molecule has 0 bridgehead atoms. The fourth-order valence-electron chi connectivity index (χ4n) is 10.4. The first-order chi connectivity index (χ1) is 28.7. The van der Waals surface area contributed by atoms with Crippen LogP contribution in [0.15, 0.2) is 72.9 Å². The molecule has 10 heteroatoms. The number of pyridine rings is 1. The van der Waals surface area contributed by atoms with Gasteiger partial charge in [0.2, 0.25) is 0 Å². The van der Waals surface area contributed by atoms with Gasteiger partial charge in [-0.1, -0.05) is 43.6 Å². The molecule has 4 aliphatic rings. The summed E-state index contributed by atoms with van der Waals surface area (Å²) < 4.78 is 36.7. The minimum absolute atomic E-state index is 0.0302. The number of hydrogen-bond acceptors (Lipinski definition) is 9. The van der Waals surface area contributed by atoms with Crippen molar-refractivity contribution in [3.63, 3.8) is 0 Å². The average Bonchev–Trinajstić information content (AvgIpc) is 3.37. The molecule has 0 amide bonds. The topological polar surface area (TPSA) is 97.4 Å². The maximum Gasteiger partial charge on any atom is 0.331 e. The van der Waals surface area contributed by atoms with Crippen LogP contribution in [-0.2, 0) is 39.1 Å². The number of nitrogens with zero attached hydrogens (tertiary/aromatic N) is 1. The van der Waals surface area contributed by atoms with E-state index >= 15 is 0 Å². The maximum absolute atomic E-state index is 13.7. The summed E-state index contributed by atoms with van der Waals surface area (Å²) in [6.45, 7) is 6.96.